The standard InChI is InChI=1S/C8H10ClN3/c9-5-1-2-7-6(3-5)8(4-10)12-11-7/h1-3,8,11-12H,4,10H2. The molecule has 0 saturated carbocycles. The van der Waals surface area contributed by atoms with E-state index in [4.69, 9.17) is 17.3 Å². The molecule has 0 aromatic heterocycles. The molecule has 0 spiro atoms. The van der Waals surface area contributed by atoms with E-state index in [2.05, 4.69) is 10.9 Å². The molecule has 1 aromatic rings. The van der Waals surface area contributed by atoms with E-state index < -0.39 is 0 Å². The van der Waals surface area contributed by atoms with E-state index in [0.29, 0.717) is 6.54 Å². The van der Waals surface area contributed by atoms with E-state index in [1.807, 2.05) is 18.2 Å². The summed E-state index contributed by atoms with van der Waals surface area (Å²) in [5, 5.41) is 0.748. The zero-order valence-electron chi connectivity index (χ0n) is 6.47. The van der Waals surface area contributed by atoms with Crippen molar-refractivity contribution in [3.8, 4) is 0 Å². The van der Waals surface area contributed by atoms with Gasteiger partial charge in [-0.2, -0.15) is 0 Å². The van der Waals surface area contributed by atoms with Crippen LogP contribution in [0.1, 0.15) is 11.6 Å². The Balaban J connectivity index is 2.42. The van der Waals surface area contributed by atoms with E-state index in [0.717, 1.165) is 16.3 Å². The molecule has 1 aromatic carbocycles. The largest absolute Gasteiger partial charge is 0.329 e. The summed E-state index contributed by atoms with van der Waals surface area (Å²) in [4.78, 5) is 0. The molecule has 0 fully saturated rings. The molecule has 1 aliphatic heterocycles. The van der Waals surface area contributed by atoms with Crippen molar-refractivity contribution in [1.82, 2.24) is 5.43 Å². The summed E-state index contributed by atoms with van der Waals surface area (Å²) < 4.78 is 0. The number of nitrogens with two attached hydrogens (primary N) is 1. The van der Waals surface area contributed by atoms with Gasteiger partial charge in [0.25, 0.3) is 0 Å². The second kappa shape index (κ2) is 2.94. The van der Waals surface area contributed by atoms with Gasteiger partial charge in [0.15, 0.2) is 0 Å². The quantitative estimate of drug-likeness (QED) is 0.615. The number of fused-ring (bicyclic) bond motifs is 1. The molecular weight excluding hydrogens is 174 g/mol. The minimum atomic E-state index is 0.179. The maximum Gasteiger partial charge on any atom is 0.0653 e. The number of anilines is 1. The van der Waals surface area contributed by atoms with Crippen LogP contribution in [-0.4, -0.2) is 6.54 Å². The maximum absolute atomic E-state index is 5.85. The highest BCUT2D eigenvalue weighted by atomic mass is 35.5. The lowest BCUT2D eigenvalue weighted by atomic mass is 10.1. The first-order valence-electron chi connectivity index (χ1n) is 3.82. The maximum atomic E-state index is 5.85. The highest BCUT2D eigenvalue weighted by molar-refractivity contribution is 6.30. The van der Waals surface area contributed by atoms with E-state index >= 15 is 0 Å². The van der Waals surface area contributed by atoms with Crippen LogP contribution in [-0.2, 0) is 0 Å². The molecule has 3 nitrogen and oxygen atoms in total. The van der Waals surface area contributed by atoms with Crippen molar-refractivity contribution in [1.29, 1.82) is 0 Å². The predicted octanol–water partition coefficient (Wildman–Crippen LogP) is 1.27. The summed E-state index contributed by atoms with van der Waals surface area (Å²) in [6.45, 7) is 0.570. The monoisotopic (exact) mass is 183 g/mol. The van der Waals surface area contributed by atoms with Crippen molar-refractivity contribution in [2.75, 3.05) is 12.0 Å². The molecule has 64 valence electrons. The fraction of sp³-hybridized carbons (Fsp3) is 0.250. The van der Waals surface area contributed by atoms with Gasteiger partial charge in [0.1, 0.15) is 0 Å². The van der Waals surface area contributed by atoms with Gasteiger partial charge in [0.2, 0.25) is 0 Å². The molecule has 0 amide bonds. The van der Waals surface area contributed by atoms with Gasteiger partial charge in [-0.25, -0.2) is 5.43 Å². The zero-order chi connectivity index (χ0) is 8.55. The molecule has 0 radical (unpaired) electrons. The zero-order valence-corrected chi connectivity index (χ0v) is 7.23. The van der Waals surface area contributed by atoms with Gasteiger partial charge < -0.3 is 11.2 Å². The molecule has 0 bridgehead atoms. The average Bonchev–Trinajstić information content (AvgIpc) is 2.46. The molecule has 0 aliphatic carbocycles. The molecule has 1 heterocycles. The molecule has 1 atom stereocenters. The summed E-state index contributed by atoms with van der Waals surface area (Å²) in [7, 11) is 0. The van der Waals surface area contributed by atoms with Crippen LogP contribution < -0.4 is 16.6 Å². The molecule has 4 N–H and O–H groups in total. The van der Waals surface area contributed by atoms with Crippen LogP contribution in [0.3, 0.4) is 0 Å². The smallest absolute Gasteiger partial charge is 0.0653 e. The van der Waals surface area contributed by atoms with Gasteiger partial charge in [0.05, 0.1) is 11.7 Å². The number of hydrazine groups is 1. The average molecular weight is 184 g/mol. The third kappa shape index (κ3) is 1.16. The topological polar surface area (TPSA) is 50.1 Å². The first-order valence-corrected chi connectivity index (χ1v) is 4.20. The van der Waals surface area contributed by atoms with E-state index in [-0.39, 0.29) is 6.04 Å². The molecular formula is C8H10ClN3. The lowest BCUT2D eigenvalue weighted by Crippen LogP contribution is -2.25. The number of rotatable bonds is 1. The Labute approximate surface area is 75.9 Å². The van der Waals surface area contributed by atoms with Crippen molar-refractivity contribution in [3.05, 3.63) is 28.8 Å². The Bertz CT molecular complexity index is 300. The Morgan fingerprint density at radius 1 is 1.50 bits per heavy atom. The van der Waals surface area contributed by atoms with Crippen molar-refractivity contribution < 1.29 is 0 Å². The normalized spacial score (nSPS) is 20.3. The fourth-order valence-corrected chi connectivity index (χ4v) is 1.54. The Morgan fingerprint density at radius 3 is 3.08 bits per heavy atom. The van der Waals surface area contributed by atoms with Gasteiger partial charge in [0, 0.05) is 11.6 Å². The number of hydrogen-bond acceptors (Lipinski definition) is 3. The third-order valence-corrected chi connectivity index (χ3v) is 2.24. The Morgan fingerprint density at radius 2 is 2.33 bits per heavy atom. The second-order valence-electron chi connectivity index (χ2n) is 2.79. The highest BCUT2D eigenvalue weighted by Gasteiger charge is 2.19. The van der Waals surface area contributed by atoms with Gasteiger partial charge in [-0.05, 0) is 23.8 Å². The lowest BCUT2D eigenvalue weighted by molar-refractivity contribution is 0.636. The minimum absolute atomic E-state index is 0.179. The summed E-state index contributed by atoms with van der Waals surface area (Å²) in [5.41, 5.74) is 13.9. The predicted molar refractivity (Wildman–Crippen MR) is 50.0 cm³/mol. The first-order chi connectivity index (χ1) is 5.81. The van der Waals surface area contributed by atoms with Crippen molar-refractivity contribution >= 4 is 17.3 Å². The van der Waals surface area contributed by atoms with Crippen molar-refractivity contribution in [2.24, 2.45) is 5.73 Å². The van der Waals surface area contributed by atoms with Crippen molar-refractivity contribution in [3.63, 3.8) is 0 Å². The molecule has 12 heavy (non-hydrogen) atoms. The molecule has 1 aliphatic rings. The number of hydrogen-bond donors (Lipinski definition) is 3. The van der Waals surface area contributed by atoms with Crippen LogP contribution in [0.25, 0.3) is 0 Å². The van der Waals surface area contributed by atoms with Crippen LogP contribution in [0, 0.1) is 0 Å². The molecule has 4 heteroatoms. The highest BCUT2D eigenvalue weighted by Crippen LogP contribution is 2.29. The number of nitrogens with one attached hydrogen (secondary N) is 2. The van der Waals surface area contributed by atoms with Gasteiger partial charge in [-0.15, -0.1) is 0 Å². The summed E-state index contributed by atoms with van der Waals surface area (Å²) in [6.07, 6.45) is 0. The van der Waals surface area contributed by atoms with Gasteiger partial charge in [-0.3, -0.25) is 0 Å². The van der Waals surface area contributed by atoms with Crippen LogP contribution in [0.4, 0.5) is 5.69 Å². The van der Waals surface area contributed by atoms with E-state index in [1.165, 1.54) is 0 Å². The van der Waals surface area contributed by atoms with Gasteiger partial charge in [-0.1, -0.05) is 11.6 Å². The van der Waals surface area contributed by atoms with Crippen LogP contribution in [0.5, 0.6) is 0 Å². The lowest BCUT2D eigenvalue weighted by Gasteiger charge is -2.05. The SMILES string of the molecule is NCC1NNc2ccc(Cl)cc21. The van der Waals surface area contributed by atoms with Crippen molar-refractivity contribution in [2.45, 2.75) is 6.04 Å². The summed E-state index contributed by atoms with van der Waals surface area (Å²) in [5.74, 6) is 0. The van der Waals surface area contributed by atoms with Crippen LogP contribution in [0.2, 0.25) is 5.02 Å². The molecule has 1 unspecified atom stereocenters. The second-order valence-corrected chi connectivity index (χ2v) is 3.23. The molecule has 2 rings (SSSR count). The van der Waals surface area contributed by atoms with Crippen LogP contribution >= 0.6 is 11.6 Å². The third-order valence-electron chi connectivity index (χ3n) is 2.01. The minimum Gasteiger partial charge on any atom is -0.329 e. The van der Waals surface area contributed by atoms with Gasteiger partial charge >= 0.3 is 0 Å². The number of benzene rings is 1. The fourth-order valence-electron chi connectivity index (χ4n) is 1.36. The summed E-state index contributed by atoms with van der Waals surface area (Å²) >= 11 is 5.85. The first kappa shape index (κ1) is 7.86. The van der Waals surface area contributed by atoms with E-state index in [9.17, 15) is 0 Å². The van der Waals surface area contributed by atoms with Crippen LogP contribution in [0.15, 0.2) is 18.2 Å². The summed E-state index contributed by atoms with van der Waals surface area (Å²) in [6, 6.07) is 5.91. The van der Waals surface area contributed by atoms with E-state index in [1.54, 1.807) is 0 Å². The number of halogens is 1. The Hall–Kier alpha value is -0.770. The molecule has 0 saturated heterocycles. The Kier molecular flexibility index (Phi) is 1.92.